The number of carbonyl (C=O) groups excluding carboxylic acids is 1. The first-order valence-corrected chi connectivity index (χ1v) is 9.66. The van der Waals surface area contributed by atoms with Crippen molar-refractivity contribution in [3.8, 4) is 0 Å². The van der Waals surface area contributed by atoms with Gasteiger partial charge in [-0.25, -0.2) is 0 Å². The van der Waals surface area contributed by atoms with E-state index in [0.717, 1.165) is 24.0 Å². The minimum absolute atomic E-state index is 0. The molecule has 3 N–H and O–H groups in total. The van der Waals surface area contributed by atoms with Crippen molar-refractivity contribution in [2.75, 3.05) is 6.61 Å². The van der Waals surface area contributed by atoms with Crippen LogP contribution in [0.2, 0.25) is 0 Å². The molecule has 0 saturated carbocycles. The number of halogens is 1. The summed E-state index contributed by atoms with van der Waals surface area (Å²) in [6.07, 6.45) is 12.7. The van der Waals surface area contributed by atoms with Gasteiger partial charge in [0.1, 0.15) is 0 Å². The number of aliphatic hydroxyl groups is 1. The van der Waals surface area contributed by atoms with E-state index >= 15 is 0 Å². The molecule has 1 atom stereocenters. The molecule has 0 heterocycles. The molecule has 25 heavy (non-hydrogen) atoms. The van der Waals surface area contributed by atoms with Gasteiger partial charge in [-0.2, -0.15) is 0 Å². The van der Waals surface area contributed by atoms with Crippen LogP contribution < -0.4 is 5.73 Å². The quantitative estimate of drug-likeness (QED) is 0.355. The smallest absolute Gasteiger partial charge is 0.162 e. The zero-order valence-electron chi connectivity index (χ0n) is 15.7. The maximum absolute atomic E-state index is 12.2. The number of carbonyl (C=O) groups is 1. The Labute approximate surface area is 159 Å². The van der Waals surface area contributed by atoms with Gasteiger partial charge in [0.2, 0.25) is 0 Å². The highest BCUT2D eigenvalue weighted by atomic mass is 35.5. The first-order valence-electron chi connectivity index (χ1n) is 9.66. The van der Waals surface area contributed by atoms with Crippen molar-refractivity contribution in [3.05, 3.63) is 35.4 Å². The lowest BCUT2D eigenvalue weighted by Crippen LogP contribution is -2.26. The molecular weight excluding hydrogens is 334 g/mol. The number of hydrogen-bond donors (Lipinski definition) is 2. The van der Waals surface area contributed by atoms with Gasteiger partial charge in [-0.1, -0.05) is 82.6 Å². The van der Waals surface area contributed by atoms with Crippen LogP contribution >= 0.6 is 12.4 Å². The summed E-state index contributed by atoms with van der Waals surface area (Å²) in [5, 5.41) is 8.97. The third-order valence-corrected chi connectivity index (χ3v) is 4.52. The van der Waals surface area contributed by atoms with Gasteiger partial charge < -0.3 is 10.8 Å². The van der Waals surface area contributed by atoms with Crippen LogP contribution in [0.25, 0.3) is 0 Å². The number of rotatable bonds is 14. The number of Topliss-reactive ketones (excluding diaryl/α,β-unsaturated/α-hetero) is 1. The van der Waals surface area contributed by atoms with Gasteiger partial charge in [-0.05, 0) is 18.4 Å². The Morgan fingerprint density at radius 2 is 1.48 bits per heavy atom. The highest BCUT2D eigenvalue weighted by Gasteiger charge is 2.07. The van der Waals surface area contributed by atoms with Gasteiger partial charge in [0, 0.05) is 18.0 Å². The van der Waals surface area contributed by atoms with Crippen LogP contribution in [0.5, 0.6) is 0 Å². The summed E-state index contributed by atoms with van der Waals surface area (Å²) < 4.78 is 0. The molecule has 1 aromatic carbocycles. The predicted octanol–water partition coefficient (Wildman–Crippen LogP) is 5.07. The average molecular weight is 370 g/mol. The largest absolute Gasteiger partial charge is 0.395 e. The summed E-state index contributed by atoms with van der Waals surface area (Å²) in [5.74, 6) is 0.232. The Hall–Kier alpha value is -0.900. The summed E-state index contributed by atoms with van der Waals surface area (Å²) in [4.78, 5) is 12.2. The van der Waals surface area contributed by atoms with Crippen LogP contribution in [-0.2, 0) is 6.42 Å². The first-order chi connectivity index (χ1) is 11.7. The van der Waals surface area contributed by atoms with Crippen molar-refractivity contribution in [1.29, 1.82) is 0 Å². The normalized spacial score (nSPS) is 11.8. The van der Waals surface area contributed by atoms with E-state index in [9.17, 15) is 4.79 Å². The minimum atomic E-state index is -0.228. The predicted molar refractivity (Wildman–Crippen MR) is 109 cm³/mol. The van der Waals surface area contributed by atoms with Crippen molar-refractivity contribution >= 4 is 18.2 Å². The summed E-state index contributed by atoms with van der Waals surface area (Å²) in [7, 11) is 0. The Bertz CT molecular complexity index is 448. The number of ketones is 1. The Morgan fingerprint density at radius 3 is 2.00 bits per heavy atom. The summed E-state index contributed by atoms with van der Waals surface area (Å²) in [6.45, 7) is 2.23. The molecule has 0 saturated heterocycles. The fourth-order valence-corrected chi connectivity index (χ4v) is 2.93. The molecule has 0 unspecified atom stereocenters. The van der Waals surface area contributed by atoms with Crippen molar-refractivity contribution in [2.24, 2.45) is 5.73 Å². The van der Waals surface area contributed by atoms with E-state index in [2.05, 4.69) is 6.92 Å². The van der Waals surface area contributed by atoms with E-state index in [1.54, 1.807) is 0 Å². The lowest BCUT2D eigenvalue weighted by atomic mass is 10.00. The van der Waals surface area contributed by atoms with Crippen molar-refractivity contribution < 1.29 is 9.90 Å². The highest BCUT2D eigenvalue weighted by molar-refractivity contribution is 5.96. The van der Waals surface area contributed by atoms with Crippen LogP contribution in [-0.4, -0.2) is 23.5 Å². The molecule has 4 heteroatoms. The number of hydrogen-bond acceptors (Lipinski definition) is 3. The van der Waals surface area contributed by atoms with E-state index in [1.807, 2.05) is 24.3 Å². The van der Waals surface area contributed by atoms with Gasteiger partial charge in [0.05, 0.1) is 6.61 Å². The van der Waals surface area contributed by atoms with E-state index in [0.29, 0.717) is 12.8 Å². The van der Waals surface area contributed by atoms with Crippen LogP contribution in [0.15, 0.2) is 24.3 Å². The number of aliphatic hydroxyl groups excluding tert-OH is 1. The maximum Gasteiger partial charge on any atom is 0.162 e. The van der Waals surface area contributed by atoms with Gasteiger partial charge in [-0.15, -0.1) is 12.4 Å². The summed E-state index contributed by atoms with van der Waals surface area (Å²) in [6, 6.07) is 7.43. The molecule has 0 aliphatic heterocycles. The molecule has 144 valence electrons. The third kappa shape index (κ3) is 11.4. The summed E-state index contributed by atoms with van der Waals surface area (Å²) in [5.41, 5.74) is 7.58. The van der Waals surface area contributed by atoms with Crippen molar-refractivity contribution in [3.63, 3.8) is 0 Å². The Balaban J connectivity index is 0.00000576. The second kappa shape index (κ2) is 15.4. The van der Waals surface area contributed by atoms with Crippen LogP contribution in [0.1, 0.15) is 87.1 Å². The fourth-order valence-electron chi connectivity index (χ4n) is 2.93. The van der Waals surface area contributed by atoms with Gasteiger partial charge >= 0.3 is 0 Å². The molecule has 3 nitrogen and oxygen atoms in total. The van der Waals surface area contributed by atoms with Crippen LogP contribution in [0.3, 0.4) is 0 Å². The number of nitrogens with two attached hydrogens (primary N) is 1. The molecule has 0 aromatic heterocycles. The number of benzene rings is 1. The lowest BCUT2D eigenvalue weighted by Gasteiger charge is -2.08. The molecule has 1 rings (SSSR count). The molecular formula is C21H36ClNO2. The van der Waals surface area contributed by atoms with Gasteiger partial charge in [-0.3, -0.25) is 4.79 Å². The van der Waals surface area contributed by atoms with Crippen molar-refractivity contribution in [2.45, 2.75) is 83.6 Å². The first kappa shape index (κ1) is 24.1. The van der Waals surface area contributed by atoms with Crippen LogP contribution in [0.4, 0.5) is 0 Å². The van der Waals surface area contributed by atoms with Gasteiger partial charge in [0.25, 0.3) is 0 Å². The second-order valence-corrected chi connectivity index (χ2v) is 6.85. The molecule has 0 fully saturated rings. The third-order valence-electron chi connectivity index (χ3n) is 4.52. The SMILES string of the molecule is CCCCCCCCCCCC(=O)c1ccc(C[C@H](N)CO)cc1.Cl. The summed E-state index contributed by atoms with van der Waals surface area (Å²) >= 11 is 0. The Morgan fingerprint density at radius 1 is 0.960 bits per heavy atom. The maximum atomic E-state index is 12.2. The molecule has 0 radical (unpaired) electrons. The van der Waals surface area contributed by atoms with E-state index in [-0.39, 0.29) is 30.8 Å². The highest BCUT2D eigenvalue weighted by Crippen LogP contribution is 2.13. The fraction of sp³-hybridized carbons (Fsp3) is 0.667. The van der Waals surface area contributed by atoms with Gasteiger partial charge in [0.15, 0.2) is 5.78 Å². The minimum Gasteiger partial charge on any atom is -0.395 e. The topological polar surface area (TPSA) is 63.3 Å². The monoisotopic (exact) mass is 369 g/mol. The second-order valence-electron chi connectivity index (χ2n) is 6.85. The van der Waals surface area contributed by atoms with E-state index < -0.39 is 0 Å². The average Bonchev–Trinajstić information content (AvgIpc) is 2.60. The zero-order chi connectivity index (χ0) is 17.6. The Kier molecular flexibility index (Phi) is 14.8. The van der Waals surface area contributed by atoms with E-state index in [4.69, 9.17) is 10.8 Å². The molecule has 0 aliphatic carbocycles. The standard InChI is InChI=1S/C21H35NO2.ClH/c1-2-3-4-5-6-7-8-9-10-11-21(24)19-14-12-18(13-15-19)16-20(22)17-23;/h12-15,20,23H,2-11,16-17,22H2,1H3;1H/t20-;/m0./s1. The zero-order valence-corrected chi connectivity index (χ0v) is 16.5. The lowest BCUT2D eigenvalue weighted by molar-refractivity contribution is 0.0979. The molecule has 0 bridgehead atoms. The molecule has 1 aromatic rings. The van der Waals surface area contributed by atoms with Crippen molar-refractivity contribution in [1.82, 2.24) is 0 Å². The van der Waals surface area contributed by atoms with Crippen LogP contribution in [0, 0.1) is 0 Å². The molecule has 0 spiro atoms. The molecule has 0 aliphatic rings. The van der Waals surface area contributed by atoms with E-state index in [1.165, 1.54) is 44.9 Å². The number of unbranched alkanes of at least 4 members (excludes halogenated alkanes) is 8. The molecule has 0 amide bonds.